The number of carbonyl (C=O) groups is 1. The minimum atomic E-state index is -0.108. The quantitative estimate of drug-likeness (QED) is 0.462. The third kappa shape index (κ3) is 1.05. The second-order valence-corrected chi connectivity index (χ2v) is 2.31. The molecule has 0 aromatic rings. The number of rotatable bonds is 1. The first-order valence-electron chi connectivity index (χ1n) is 3.04. The zero-order valence-electron chi connectivity index (χ0n) is 5.76. The Morgan fingerprint density at radius 1 is 1.78 bits per heavy atom. The first-order chi connectivity index (χ1) is 4.25. The number of carbonyl (C=O) groups excluding carboxylic acids is 1. The Hall–Kier alpha value is -0.570. The SMILES string of the molecule is COC(=O)C1CCN1C. The van der Waals surface area contributed by atoms with Crippen LogP contribution in [-0.2, 0) is 9.53 Å². The van der Waals surface area contributed by atoms with E-state index in [0.717, 1.165) is 13.0 Å². The summed E-state index contributed by atoms with van der Waals surface area (Å²) < 4.78 is 4.54. The van der Waals surface area contributed by atoms with Gasteiger partial charge in [0.05, 0.1) is 7.11 Å². The molecule has 1 fully saturated rings. The van der Waals surface area contributed by atoms with Gasteiger partial charge in [0.1, 0.15) is 6.04 Å². The molecule has 0 saturated carbocycles. The average molecular weight is 129 g/mol. The van der Waals surface area contributed by atoms with E-state index < -0.39 is 0 Å². The zero-order chi connectivity index (χ0) is 6.85. The molecule has 0 aromatic heterocycles. The molecule has 9 heavy (non-hydrogen) atoms. The fourth-order valence-corrected chi connectivity index (χ4v) is 0.950. The van der Waals surface area contributed by atoms with Crippen LogP contribution in [0.15, 0.2) is 0 Å². The molecule has 0 amide bonds. The maximum absolute atomic E-state index is 10.7. The van der Waals surface area contributed by atoms with Crippen LogP contribution in [0.2, 0.25) is 0 Å². The first kappa shape index (κ1) is 6.55. The van der Waals surface area contributed by atoms with Gasteiger partial charge in [-0.25, -0.2) is 0 Å². The lowest BCUT2D eigenvalue weighted by molar-refractivity contribution is -0.150. The molecule has 3 heteroatoms. The highest BCUT2D eigenvalue weighted by atomic mass is 16.5. The van der Waals surface area contributed by atoms with Gasteiger partial charge in [-0.3, -0.25) is 9.69 Å². The van der Waals surface area contributed by atoms with Gasteiger partial charge in [0.15, 0.2) is 0 Å². The normalized spacial score (nSPS) is 27.1. The lowest BCUT2D eigenvalue weighted by Crippen LogP contribution is -2.50. The zero-order valence-corrected chi connectivity index (χ0v) is 5.76. The number of esters is 1. The molecule has 3 nitrogen and oxygen atoms in total. The highest BCUT2D eigenvalue weighted by Crippen LogP contribution is 2.14. The maximum atomic E-state index is 10.7. The number of methoxy groups -OCH3 is 1. The van der Waals surface area contributed by atoms with Crippen molar-refractivity contribution in [1.29, 1.82) is 0 Å². The topological polar surface area (TPSA) is 29.5 Å². The highest BCUT2D eigenvalue weighted by molar-refractivity contribution is 5.76. The minimum Gasteiger partial charge on any atom is -0.468 e. The van der Waals surface area contributed by atoms with E-state index in [9.17, 15) is 4.79 Å². The minimum absolute atomic E-state index is 0.0370. The van der Waals surface area contributed by atoms with Crippen LogP contribution < -0.4 is 0 Å². The van der Waals surface area contributed by atoms with E-state index >= 15 is 0 Å². The van der Waals surface area contributed by atoms with Gasteiger partial charge < -0.3 is 4.74 Å². The third-order valence-corrected chi connectivity index (χ3v) is 1.76. The molecule has 1 heterocycles. The van der Waals surface area contributed by atoms with Crippen LogP contribution in [0.25, 0.3) is 0 Å². The summed E-state index contributed by atoms with van der Waals surface area (Å²) in [6, 6.07) is 0.0370. The molecule has 0 radical (unpaired) electrons. The Morgan fingerprint density at radius 3 is 2.56 bits per heavy atom. The standard InChI is InChI=1S/C6H11NO2/c1-7-4-3-5(7)6(8)9-2/h5H,3-4H2,1-2H3. The van der Waals surface area contributed by atoms with Crippen molar-refractivity contribution in [3.63, 3.8) is 0 Å². The predicted molar refractivity (Wildman–Crippen MR) is 33.1 cm³/mol. The van der Waals surface area contributed by atoms with Crippen molar-refractivity contribution in [2.45, 2.75) is 12.5 Å². The van der Waals surface area contributed by atoms with Crippen molar-refractivity contribution in [2.24, 2.45) is 0 Å². The average Bonchev–Trinajstić information content (AvgIpc) is 1.84. The Kier molecular flexibility index (Phi) is 1.71. The summed E-state index contributed by atoms with van der Waals surface area (Å²) in [7, 11) is 3.35. The summed E-state index contributed by atoms with van der Waals surface area (Å²) >= 11 is 0. The Bertz CT molecular complexity index is 124. The molecule has 52 valence electrons. The molecular weight excluding hydrogens is 118 g/mol. The van der Waals surface area contributed by atoms with Crippen LogP contribution in [0.4, 0.5) is 0 Å². The number of ether oxygens (including phenoxy) is 1. The van der Waals surface area contributed by atoms with Crippen LogP contribution >= 0.6 is 0 Å². The van der Waals surface area contributed by atoms with Gasteiger partial charge in [-0.1, -0.05) is 0 Å². The third-order valence-electron chi connectivity index (χ3n) is 1.76. The second-order valence-electron chi connectivity index (χ2n) is 2.31. The van der Waals surface area contributed by atoms with Gasteiger partial charge in [-0.2, -0.15) is 0 Å². The van der Waals surface area contributed by atoms with E-state index in [2.05, 4.69) is 4.74 Å². The molecule has 0 spiro atoms. The predicted octanol–water partition coefficient (Wildman–Crippen LogP) is -0.137. The molecule has 0 aliphatic carbocycles. The van der Waals surface area contributed by atoms with Crippen molar-refractivity contribution < 1.29 is 9.53 Å². The summed E-state index contributed by atoms with van der Waals surface area (Å²) in [5, 5.41) is 0. The van der Waals surface area contributed by atoms with Crippen LogP contribution in [-0.4, -0.2) is 37.6 Å². The Morgan fingerprint density at radius 2 is 2.44 bits per heavy atom. The summed E-state index contributed by atoms with van der Waals surface area (Å²) in [6.45, 7) is 1.01. The fraction of sp³-hybridized carbons (Fsp3) is 0.833. The van der Waals surface area contributed by atoms with Crippen molar-refractivity contribution >= 4 is 5.97 Å². The molecule has 1 aliphatic heterocycles. The van der Waals surface area contributed by atoms with E-state index in [-0.39, 0.29) is 12.0 Å². The van der Waals surface area contributed by atoms with Crippen molar-refractivity contribution in [2.75, 3.05) is 20.7 Å². The van der Waals surface area contributed by atoms with Crippen molar-refractivity contribution in [3.05, 3.63) is 0 Å². The second kappa shape index (κ2) is 2.35. The number of nitrogens with zero attached hydrogens (tertiary/aromatic N) is 1. The number of hydrogen-bond acceptors (Lipinski definition) is 3. The fourth-order valence-electron chi connectivity index (χ4n) is 0.950. The molecule has 0 N–H and O–H groups in total. The molecular formula is C6H11NO2. The molecule has 0 bridgehead atoms. The van der Waals surface area contributed by atoms with E-state index in [4.69, 9.17) is 0 Å². The largest absolute Gasteiger partial charge is 0.468 e. The van der Waals surface area contributed by atoms with Crippen LogP contribution in [0.3, 0.4) is 0 Å². The van der Waals surface area contributed by atoms with Gasteiger partial charge in [-0.15, -0.1) is 0 Å². The summed E-state index contributed by atoms with van der Waals surface area (Å²) in [5.41, 5.74) is 0. The van der Waals surface area contributed by atoms with Gasteiger partial charge in [0.25, 0.3) is 0 Å². The van der Waals surface area contributed by atoms with Gasteiger partial charge >= 0.3 is 5.97 Å². The van der Waals surface area contributed by atoms with E-state index in [1.165, 1.54) is 7.11 Å². The first-order valence-corrected chi connectivity index (χ1v) is 3.04. The number of likely N-dealkylation sites (N-methyl/N-ethyl adjacent to an activating group) is 1. The van der Waals surface area contributed by atoms with Crippen LogP contribution in [0, 0.1) is 0 Å². The van der Waals surface area contributed by atoms with Gasteiger partial charge in [0.2, 0.25) is 0 Å². The lowest BCUT2D eigenvalue weighted by Gasteiger charge is -2.34. The van der Waals surface area contributed by atoms with Crippen molar-refractivity contribution in [3.8, 4) is 0 Å². The van der Waals surface area contributed by atoms with E-state index in [1.807, 2.05) is 11.9 Å². The summed E-state index contributed by atoms with van der Waals surface area (Å²) in [4.78, 5) is 12.7. The molecule has 0 aromatic carbocycles. The molecule has 1 saturated heterocycles. The number of likely N-dealkylation sites (tertiary alicyclic amines) is 1. The molecule has 1 aliphatic rings. The van der Waals surface area contributed by atoms with Crippen molar-refractivity contribution in [1.82, 2.24) is 4.90 Å². The Labute approximate surface area is 54.6 Å². The lowest BCUT2D eigenvalue weighted by atomic mass is 10.1. The number of hydrogen-bond donors (Lipinski definition) is 0. The molecule has 1 atom stereocenters. The molecule has 1 rings (SSSR count). The highest BCUT2D eigenvalue weighted by Gasteiger charge is 2.31. The Balaban J connectivity index is 2.35. The van der Waals surface area contributed by atoms with E-state index in [1.54, 1.807) is 0 Å². The van der Waals surface area contributed by atoms with Gasteiger partial charge in [0, 0.05) is 6.54 Å². The van der Waals surface area contributed by atoms with Crippen LogP contribution in [0.5, 0.6) is 0 Å². The van der Waals surface area contributed by atoms with E-state index in [0.29, 0.717) is 0 Å². The maximum Gasteiger partial charge on any atom is 0.323 e. The summed E-state index contributed by atoms with van der Waals surface area (Å²) in [5.74, 6) is -0.108. The van der Waals surface area contributed by atoms with Crippen LogP contribution in [0.1, 0.15) is 6.42 Å². The molecule has 1 unspecified atom stereocenters. The monoisotopic (exact) mass is 129 g/mol. The van der Waals surface area contributed by atoms with Gasteiger partial charge in [-0.05, 0) is 13.5 Å². The smallest absolute Gasteiger partial charge is 0.323 e. The summed E-state index contributed by atoms with van der Waals surface area (Å²) in [6.07, 6.45) is 0.948.